The van der Waals surface area contributed by atoms with Gasteiger partial charge in [-0.3, -0.25) is 15.0 Å². The molecule has 1 heterocycles. The van der Waals surface area contributed by atoms with E-state index in [1.165, 1.54) is 18.2 Å². The molecule has 1 aliphatic heterocycles. The van der Waals surface area contributed by atoms with Crippen LogP contribution in [0.3, 0.4) is 0 Å². The van der Waals surface area contributed by atoms with Crippen LogP contribution in [0.25, 0.3) is 0 Å². The first kappa shape index (κ1) is 23.8. The Labute approximate surface area is 209 Å². The number of alkyl halides is 1. The molecule has 6 nitrogen and oxygen atoms in total. The van der Waals surface area contributed by atoms with Crippen LogP contribution in [-0.2, 0) is 4.43 Å². The molecule has 34 heavy (non-hydrogen) atoms. The minimum absolute atomic E-state index is 0.0459. The van der Waals surface area contributed by atoms with Crippen LogP contribution in [0.2, 0.25) is 0 Å². The molecule has 3 N–H and O–H groups in total. The molecule has 3 aromatic rings. The van der Waals surface area contributed by atoms with Crippen LogP contribution < -0.4 is 10.6 Å². The number of amidine groups is 1. The predicted octanol–water partition coefficient (Wildman–Crippen LogP) is 5.44. The molecule has 0 spiro atoms. The summed E-state index contributed by atoms with van der Waals surface area (Å²) in [6.45, 7) is 1.50. The quantitative estimate of drug-likeness (QED) is 0.159. The number of nitrogens with one attached hydrogen (secondary N) is 3. The molecule has 3 aromatic carbocycles. The fourth-order valence-electron chi connectivity index (χ4n) is 3.45. The molecule has 2 amide bonds. The normalized spacial score (nSPS) is 12.6. The number of benzene rings is 3. The average Bonchev–Trinajstić information content (AvgIpc) is 2.79. The highest BCUT2D eigenvalue weighted by Gasteiger charge is 2.22. The minimum Gasteiger partial charge on any atom is -0.356 e. The molecule has 174 valence electrons. The van der Waals surface area contributed by atoms with Crippen molar-refractivity contribution in [1.82, 2.24) is 4.90 Å². The van der Waals surface area contributed by atoms with Gasteiger partial charge in [-0.1, -0.05) is 40.8 Å². The predicted molar refractivity (Wildman–Crippen MR) is 136 cm³/mol. The molecular weight excluding hydrogens is 553 g/mol. The third kappa shape index (κ3) is 5.24. The van der Waals surface area contributed by atoms with Crippen LogP contribution in [0.4, 0.5) is 20.2 Å². The third-order valence-corrected chi connectivity index (χ3v) is 6.38. The van der Waals surface area contributed by atoms with E-state index in [0.29, 0.717) is 11.3 Å². The Bertz CT molecular complexity index is 1260. The van der Waals surface area contributed by atoms with Gasteiger partial charge in [0.25, 0.3) is 11.8 Å². The summed E-state index contributed by atoms with van der Waals surface area (Å²) in [5.41, 5.74) is 1.69. The largest absolute Gasteiger partial charge is 0.356 e. The molecule has 4 rings (SSSR count). The first-order valence-electron chi connectivity index (χ1n) is 10.6. The number of hydrogen-bond acceptors (Lipinski definition) is 3. The minimum atomic E-state index is -0.788. The number of carbonyl (C=O) groups is 2. The van der Waals surface area contributed by atoms with Gasteiger partial charge >= 0.3 is 0 Å². The van der Waals surface area contributed by atoms with Crippen molar-refractivity contribution in [2.75, 3.05) is 23.7 Å². The van der Waals surface area contributed by atoms with Crippen molar-refractivity contribution in [1.29, 1.82) is 5.41 Å². The summed E-state index contributed by atoms with van der Waals surface area (Å²) >= 11 is 2.23. The van der Waals surface area contributed by atoms with E-state index in [1.54, 1.807) is 12.1 Å². The highest BCUT2D eigenvalue weighted by Crippen LogP contribution is 2.22. The second-order valence-electron chi connectivity index (χ2n) is 7.81. The van der Waals surface area contributed by atoms with Crippen molar-refractivity contribution in [3.8, 4) is 0 Å². The van der Waals surface area contributed by atoms with E-state index in [9.17, 15) is 18.4 Å². The topological polar surface area (TPSA) is 85.3 Å². The van der Waals surface area contributed by atoms with Crippen molar-refractivity contribution in [2.24, 2.45) is 0 Å². The van der Waals surface area contributed by atoms with E-state index in [-0.39, 0.29) is 22.6 Å². The fourth-order valence-corrected chi connectivity index (χ4v) is 3.96. The van der Waals surface area contributed by atoms with Crippen molar-refractivity contribution in [3.05, 3.63) is 94.6 Å². The van der Waals surface area contributed by atoms with Gasteiger partial charge in [-0.2, -0.15) is 0 Å². The molecule has 0 saturated carbocycles. The number of amides is 2. The average molecular weight is 574 g/mol. The second-order valence-corrected chi connectivity index (χ2v) is 8.58. The number of halogens is 3. The summed E-state index contributed by atoms with van der Waals surface area (Å²) in [6, 6.07) is 14.5. The molecular formula is C25H21F2IN4O2. The number of likely N-dealkylation sites (tertiary alicyclic amines) is 1. The van der Waals surface area contributed by atoms with Gasteiger partial charge in [-0.25, -0.2) is 8.78 Å². The zero-order valence-corrected chi connectivity index (χ0v) is 20.2. The lowest BCUT2D eigenvalue weighted by Crippen LogP contribution is -2.42. The second kappa shape index (κ2) is 10.3. The molecule has 0 radical (unpaired) electrons. The van der Waals surface area contributed by atoms with Crippen LogP contribution in [0.1, 0.15) is 38.3 Å². The summed E-state index contributed by atoms with van der Waals surface area (Å²) in [6.07, 6.45) is 0.989. The maximum atomic E-state index is 14.7. The lowest BCUT2D eigenvalue weighted by atomic mass is 10.1. The maximum Gasteiger partial charge on any atom is 0.258 e. The Hall–Kier alpha value is -3.34. The summed E-state index contributed by atoms with van der Waals surface area (Å²) < 4.78 is 29.4. The van der Waals surface area contributed by atoms with Gasteiger partial charge in [0.05, 0.1) is 16.8 Å². The monoisotopic (exact) mass is 574 g/mol. The van der Waals surface area contributed by atoms with Crippen LogP contribution in [0.15, 0.2) is 60.7 Å². The summed E-state index contributed by atoms with van der Waals surface area (Å²) in [7, 11) is 0. The molecule has 1 fully saturated rings. The lowest BCUT2D eigenvalue weighted by Gasteiger charge is -2.33. The standard InChI is InChI=1S/C25H21F2IN4O2/c26-17-5-9-22(20(13-17)25(34)30-18-6-2-15(14-28)3-7-18)31-24(33)19-8-4-16(12-21(19)27)23(29)32-10-1-11-32/h2-9,12-13,29H,1,10-11,14H2,(H,30,34)(H,31,33). The number of rotatable bonds is 6. The molecule has 0 aromatic heterocycles. The van der Waals surface area contributed by atoms with Gasteiger partial charge in [0.1, 0.15) is 17.5 Å². The SMILES string of the molecule is N=C(c1ccc(C(=O)Nc2ccc(F)cc2C(=O)Nc2ccc(CI)cc2)c(F)c1)N1CCC1. The zero-order valence-electron chi connectivity index (χ0n) is 18.0. The van der Waals surface area contributed by atoms with Crippen molar-refractivity contribution in [2.45, 2.75) is 10.8 Å². The summed E-state index contributed by atoms with van der Waals surface area (Å²) in [4.78, 5) is 27.4. The van der Waals surface area contributed by atoms with Crippen LogP contribution in [0, 0.1) is 17.0 Å². The third-order valence-electron chi connectivity index (χ3n) is 5.50. The van der Waals surface area contributed by atoms with Crippen LogP contribution >= 0.6 is 22.6 Å². The summed E-state index contributed by atoms with van der Waals surface area (Å²) in [5, 5.41) is 13.3. The molecule has 0 aliphatic carbocycles. The highest BCUT2D eigenvalue weighted by molar-refractivity contribution is 14.1. The smallest absolute Gasteiger partial charge is 0.258 e. The van der Waals surface area contributed by atoms with Gasteiger partial charge < -0.3 is 15.5 Å². The number of nitrogens with zero attached hydrogens (tertiary/aromatic N) is 1. The first-order valence-corrected chi connectivity index (χ1v) is 12.1. The van der Waals surface area contributed by atoms with Crippen molar-refractivity contribution >= 4 is 51.6 Å². The number of carbonyl (C=O) groups excluding carboxylic acids is 2. The molecule has 0 bridgehead atoms. The number of anilines is 2. The van der Waals surface area contributed by atoms with E-state index < -0.39 is 23.4 Å². The first-order chi connectivity index (χ1) is 16.4. The van der Waals surface area contributed by atoms with Gasteiger partial charge in [0, 0.05) is 28.8 Å². The van der Waals surface area contributed by atoms with E-state index in [1.807, 2.05) is 17.0 Å². The Morgan fingerprint density at radius 2 is 1.62 bits per heavy atom. The maximum absolute atomic E-state index is 14.7. The van der Waals surface area contributed by atoms with Crippen molar-refractivity contribution < 1.29 is 18.4 Å². The molecule has 0 unspecified atom stereocenters. The molecule has 1 aliphatic rings. The Balaban J connectivity index is 1.52. The Morgan fingerprint density at radius 3 is 2.24 bits per heavy atom. The van der Waals surface area contributed by atoms with E-state index in [0.717, 1.165) is 47.7 Å². The van der Waals surface area contributed by atoms with Crippen LogP contribution in [0.5, 0.6) is 0 Å². The van der Waals surface area contributed by atoms with E-state index in [2.05, 4.69) is 33.2 Å². The van der Waals surface area contributed by atoms with E-state index >= 15 is 0 Å². The zero-order chi connectivity index (χ0) is 24.2. The van der Waals surface area contributed by atoms with Crippen LogP contribution in [-0.4, -0.2) is 35.6 Å². The highest BCUT2D eigenvalue weighted by atomic mass is 127. The van der Waals surface area contributed by atoms with Gasteiger partial charge in [-0.05, 0) is 54.4 Å². The van der Waals surface area contributed by atoms with Gasteiger partial charge in [0.15, 0.2) is 0 Å². The summed E-state index contributed by atoms with van der Waals surface area (Å²) in [5.74, 6) is -2.63. The molecule has 0 atom stereocenters. The molecule has 1 saturated heterocycles. The Kier molecular flexibility index (Phi) is 7.20. The molecule has 9 heteroatoms. The van der Waals surface area contributed by atoms with Gasteiger partial charge in [0.2, 0.25) is 0 Å². The Morgan fingerprint density at radius 1 is 0.912 bits per heavy atom. The van der Waals surface area contributed by atoms with Crippen molar-refractivity contribution in [3.63, 3.8) is 0 Å². The fraction of sp³-hybridized carbons (Fsp3) is 0.160. The van der Waals surface area contributed by atoms with Gasteiger partial charge in [-0.15, -0.1) is 0 Å². The number of hydrogen-bond donors (Lipinski definition) is 3. The lowest BCUT2D eigenvalue weighted by molar-refractivity contribution is 0.102. The van der Waals surface area contributed by atoms with E-state index in [4.69, 9.17) is 5.41 Å².